The van der Waals surface area contributed by atoms with Gasteiger partial charge in [0.25, 0.3) is 5.56 Å². The molecular formula is C22H30N4O4. The van der Waals surface area contributed by atoms with Crippen molar-refractivity contribution in [1.29, 1.82) is 0 Å². The SMILES string of the molecule is CC(C)(C)N(Cc1nn(NC(=O)CC2CCCCC2)c(=O)c2ccccc12)C(=O)O. The topological polar surface area (TPSA) is 105 Å². The van der Waals surface area contributed by atoms with E-state index in [1.807, 2.05) is 0 Å². The minimum atomic E-state index is -1.08. The Bertz CT molecular complexity index is 987. The zero-order valence-electron chi connectivity index (χ0n) is 17.9. The standard InChI is InChI=1S/C22H30N4O4/c1-22(2,3)25(21(29)30)14-18-16-11-7-8-12-17(16)20(28)26(23-18)24-19(27)13-15-9-5-4-6-10-15/h7-8,11-12,15H,4-6,9-10,13-14H2,1-3H3,(H,24,27)(H,29,30). The van der Waals surface area contributed by atoms with E-state index >= 15 is 0 Å². The summed E-state index contributed by atoms with van der Waals surface area (Å²) < 4.78 is 0. The fourth-order valence-corrected chi connectivity index (χ4v) is 4.01. The zero-order chi connectivity index (χ0) is 21.9. The predicted octanol–water partition coefficient (Wildman–Crippen LogP) is 3.72. The second kappa shape index (κ2) is 8.85. The largest absolute Gasteiger partial charge is 0.465 e. The summed E-state index contributed by atoms with van der Waals surface area (Å²) in [6, 6.07) is 6.92. The number of nitrogens with zero attached hydrogens (tertiary/aromatic N) is 3. The summed E-state index contributed by atoms with van der Waals surface area (Å²) in [4.78, 5) is 39.5. The number of hydrogen-bond donors (Lipinski definition) is 2. The van der Waals surface area contributed by atoms with Gasteiger partial charge in [-0.3, -0.25) is 14.5 Å². The minimum absolute atomic E-state index is 0.00186. The first-order valence-corrected chi connectivity index (χ1v) is 10.5. The Labute approximate surface area is 175 Å². The van der Waals surface area contributed by atoms with E-state index in [0.29, 0.717) is 28.8 Å². The molecule has 8 nitrogen and oxygen atoms in total. The van der Waals surface area contributed by atoms with Crippen molar-refractivity contribution < 1.29 is 14.7 Å². The first-order chi connectivity index (χ1) is 14.2. The van der Waals surface area contributed by atoms with E-state index in [1.54, 1.807) is 45.0 Å². The van der Waals surface area contributed by atoms with Crippen molar-refractivity contribution in [2.24, 2.45) is 5.92 Å². The molecule has 1 aliphatic rings. The van der Waals surface area contributed by atoms with Gasteiger partial charge in [0.2, 0.25) is 5.91 Å². The number of hydrogen-bond acceptors (Lipinski definition) is 4. The van der Waals surface area contributed by atoms with Gasteiger partial charge in [0.1, 0.15) is 0 Å². The zero-order valence-corrected chi connectivity index (χ0v) is 17.9. The lowest BCUT2D eigenvalue weighted by Crippen LogP contribution is -2.45. The molecule has 2 amide bonds. The quantitative estimate of drug-likeness (QED) is 0.776. The third-order valence-corrected chi connectivity index (χ3v) is 5.66. The van der Waals surface area contributed by atoms with Crippen LogP contribution in [0.3, 0.4) is 0 Å². The lowest BCUT2D eigenvalue weighted by molar-refractivity contribution is -0.118. The van der Waals surface area contributed by atoms with E-state index < -0.39 is 17.2 Å². The molecule has 1 heterocycles. The van der Waals surface area contributed by atoms with Crippen molar-refractivity contribution >= 4 is 22.8 Å². The van der Waals surface area contributed by atoms with Crippen molar-refractivity contribution in [2.45, 2.75) is 71.4 Å². The van der Waals surface area contributed by atoms with Crippen LogP contribution >= 0.6 is 0 Å². The van der Waals surface area contributed by atoms with E-state index in [1.165, 1.54) is 11.3 Å². The molecule has 0 saturated heterocycles. The molecule has 0 atom stereocenters. The van der Waals surface area contributed by atoms with Crippen LogP contribution in [0, 0.1) is 5.92 Å². The van der Waals surface area contributed by atoms with E-state index in [-0.39, 0.29) is 12.5 Å². The van der Waals surface area contributed by atoms with E-state index in [0.717, 1.165) is 30.5 Å². The second-order valence-electron chi connectivity index (χ2n) is 8.99. The number of nitrogens with one attached hydrogen (secondary N) is 1. The molecule has 0 spiro atoms. The van der Waals surface area contributed by atoms with Gasteiger partial charge in [-0.2, -0.15) is 5.10 Å². The van der Waals surface area contributed by atoms with Gasteiger partial charge < -0.3 is 5.11 Å². The van der Waals surface area contributed by atoms with Crippen molar-refractivity contribution in [3.05, 3.63) is 40.3 Å². The minimum Gasteiger partial charge on any atom is -0.465 e. The maximum absolute atomic E-state index is 12.9. The average Bonchev–Trinajstić information content (AvgIpc) is 2.68. The summed E-state index contributed by atoms with van der Waals surface area (Å²) >= 11 is 0. The van der Waals surface area contributed by atoms with Crippen LogP contribution in [0.5, 0.6) is 0 Å². The van der Waals surface area contributed by atoms with E-state index in [9.17, 15) is 19.5 Å². The molecule has 2 N–H and O–H groups in total. The molecule has 0 aliphatic heterocycles. The number of rotatable bonds is 5. The maximum atomic E-state index is 12.9. The Morgan fingerprint density at radius 1 is 1.17 bits per heavy atom. The fourth-order valence-electron chi connectivity index (χ4n) is 4.01. The van der Waals surface area contributed by atoms with Gasteiger partial charge in [0.15, 0.2) is 0 Å². The van der Waals surface area contributed by atoms with Crippen molar-refractivity contribution in [2.75, 3.05) is 5.43 Å². The monoisotopic (exact) mass is 414 g/mol. The number of carboxylic acid groups (broad SMARTS) is 1. The summed E-state index contributed by atoms with van der Waals surface area (Å²) in [6.07, 6.45) is 4.81. The lowest BCUT2D eigenvalue weighted by atomic mass is 9.87. The van der Waals surface area contributed by atoms with Crippen molar-refractivity contribution in [1.82, 2.24) is 14.8 Å². The second-order valence-corrected chi connectivity index (χ2v) is 8.99. The smallest absolute Gasteiger partial charge is 0.408 e. The van der Waals surface area contributed by atoms with Gasteiger partial charge in [-0.25, -0.2) is 10.2 Å². The van der Waals surface area contributed by atoms with Crippen LogP contribution in [-0.4, -0.2) is 37.4 Å². The molecule has 30 heavy (non-hydrogen) atoms. The molecule has 0 bridgehead atoms. The van der Waals surface area contributed by atoms with Gasteiger partial charge >= 0.3 is 6.09 Å². The summed E-state index contributed by atoms with van der Waals surface area (Å²) in [7, 11) is 0. The number of aromatic nitrogens is 2. The molecule has 1 saturated carbocycles. The Balaban J connectivity index is 1.93. The number of carbonyl (C=O) groups excluding carboxylic acids is 1. The van der Waals surface area contributed by atoms with Crippen molar-refractivity contribution in [3.8, 4) is 0 Å². The highest BCUT2D eigenvalue weighted by Gasteiger charge is 2.28. The van der Waals surface area contributed by atoms with Gasteiger partial charge in [0.05, 0.1) is 17.6 Å². The molecule has 0 radical (unpaired) electrons. The summed E-state index contributed by atoms with van der Waals surface area (Å²) in [5.74, 6) is 0.0846. The molecule has 1 aromatic heterocycles. The van der Waals surface area contributed by atoms with Gasteiger partial charge in [-0.1, -0.05) is 37.5 Å². The Hall–Kier alpha value is -2.90. The Morgan fingerprint density at radius 3 is 2.40 bits per heavy atom. The first kappa shape index (κ1) is 21.8. The van der Waals surface area contributed by atoms with Crippen LogP contribution in [0.1, 0.15) is 65.0 Å². The number of fused-ring (bicyclic) bond motifs is 1. The lowest BCUT2D eigenvalue weighted by Gasteiger charge is -2.33. The highest BCUT2D eigenvalue weighted by Crippen LogP contribution is 2.26. The number of carbonyl (C=O) groups is 2. The third kappa shape index (κ3) is 4.98. The molecule has 1 aliphatic carbocycles. The van der Waals surface area contributed by atoms with Crippen LogP contribution in [0.2, 0.25) is 0 Å². The van der Waals surface area contributed by atoms with Gasteiger partial charge in [-0.05, 0) is 45.6 Å². The molecule has 8 heteroatoms. The number of benzene rings is 1. The van der Waals surface area contributed by atoms with Crippen LogP contribution in [0.25, 0.3) is 10.8 Å². The summed E-state index contributed by atoms with van der Waals surface area (Å²) in [5.41, 5.74) is 1.96. The summed E-state index contributed by atoms with van der Waals surface area (Å²) in [5, 5.41) is 15.0. The van der Waals surface area contributed by atoms with Crippen LogP contribution in [0.4, 0.5) is 4.79 Å². The van der Waals surface area contributed by atoms with Crippen LogP contribution < -0.4 is 11.0 Å². The first-order valence-electron chi connectivity index (χ1n) is 10.5. The molecule has 3 rings (SSSR count). The number of amides is 2. The maximum Gasteiger partial charge on any atom is 0.408 e. The van der Waals surface area contributed by atoms with Crippen LogP contribution in [0.15, 0.2) is 29.1 Å². The molecule has 162 valence electrons. The van der Waals surface area contributed by atoms with Gasteiger partial charge in [0, 0.05) is 17.3 Å². The normalized spacial score (nSPS) is 15.2. The highest BCUT2D eigenvalue weighted by atomic mass is 16.4. The summed E-state index contributed by atoms with van der Waals surface area (Å²) in [6.45, 7) is 5.39. The highest BCUT2D eigenvalue weighted by molar-refractivity contribution is 5.86. The molecule has 1 aromatic carbocycles. The Kier molecular flexibility index (Phi) is 6.43. The average molecular weight is 415 g/mol. The van der Waals surface area contributed by atoms with E-state index in [2.05, 4.69) is 10.5 Å². The van der Waals surface area contributed by atoms with Gasteiger partial charge in [-0.15, -0.1) is 4.79 Å². The fraction of sp³-hybridized carbons (Fsp3) is 0.545. The third-order valence-electron chi connectivity index (χ3n) is 5.66. The van der Waals surface area contributed by atoms with Crippen LogP contribution in [-0.2, 0) is 11.3 Å². The molecule has 0 unspecified atom stereocenters. The van der Waals surface area contributed by atoms with Crippen molar-refractivity contribution in [3.63, 3.8) is 0 Å². The Morgan fingerprint density at radius 2 is 1.80 bits per heavy atom. The molecule has 2 aromatic rings. The van der Waals surface area contributed by atoms with E-state index in [4.69, 9.17) is 0 Å². The molecule has 1 fully saturated rings. The molecular weight excluding hydrogens is 384 g/mol. The predicted molar refractivity (Wildman–Crippen MR) is 115 cm³/mol.